The molecular weight excluding hydrogens is 542 g/mol. The lowest BCUT2D eigenvalue weighted by molar-refractivity contribution is -0.144. The standard InChI is InChI=1S/C35H49N3O5/c1-11-26-14-12-13-15-29(26)31(32(39)36-27-18-20-28(42-10)21-19-27)38(25(6)17-16-23(2)3)33(40)30(22-24(4)5)37-34(41)43-35(7,8)9/h1,12-15,18-21,23-25,30-31H,16-17,22H2,2-10H3,(H,36,39)(H,37,41). The van der Waals surface area contributed by atoms with Crippen LogP contribution in [0.1, 0.15) is 91.8 Å². The molecule has 0 fully saturated rings. The Labute approximate surface area is 257 Å². The molecule has 0 saturated heterocycles. The fourth-order valence-electron chi connectivity index (χ4n) is 4.80. The van der Waals surface area contributed by atoms with Crippen molar-refractivity contribution >= 4 is 23.6 Å². The van der Waals surface area contributed by atoms with Crippen LogP contribution in [-0.4, -0.2) is 47.6 Å². The molecule has 0 saturated carbocycles. The molecule has 0 spiro atoms. The van der Waals surface area contributed by atoms with Gasteiger partial charge in [0.05, 0.1) is 7.11 Å². The van der Waals surface area contributed by atoms with Gasteiger partial charge in [-0.05, 0) is 94.7 Å². The summed E-state index contributed by atoms with van der Waals surface area (Å²) in [6, 6.07) is 11.8. The summed E-state index contributed by atoms with van der Waals surface area (Å²) < 4.78 is 10.8. The Hall–Kier alpha value is -3.99. The minimum atomic E-state index is -1.07. The zero-order valence-electron chi connectivity index (χ0n) is 27.2. The van der Waals surface area contributed by atoms with Crippen LogP contribution >= 0.6 is 0 Å². The minimum absolute atomic E-state index is 0.0706. The van der Waals surface area contributed by atoms with Crippen LogP contribution in [0.15, 0.2) is 48.5 Å². The van der Waals surface area contributed by atoms with Gasteiger partial charge in [-0.15, -0.1) is 6.42 Å². The lowest BCUT2D eigenvalue weighted by Crippen LogP contribution is -2.55. The first-order valence-electron chi connectivity index (χ1n) is 15.0. The molecule has 2 aromatic rings. The molecule has 2 N–H and O–H groups in total. The third kappa shape index (κ3) is 11.0. The predicted octanol–water partition coefficient (Wildman–Crippen LogP) is 6.95. The van der Waals surface area contributed by atoms with Gasteiger partial charge in [0.1, 0.15) is 23.4 Å². The number of carbonyl (C=O) groups excluding carboxylic acids is 3. The van der Waals surface area contributed by atoms with Crippen molar-refractivity contribution in [3.63, 3.8) is 0 Å². The number of alkyl carbamates (subject to hydrolysis) is 1. The summed E-state index contributed by atoms with van der Waals surface area (Å²) in [7, 11) is 1.57. The van der Waals surface area contributed by atoms with Gasteiger partial charge in [0.2, 0.25) is 5.91 Å². The normalized spacial score (nSPS) is 13.4. The quantitative estimate of drug-likeness (QED) is 0.246. The van der Waals surface area contributed by atoms with Crippen molar-refractivity contribution in [2.24, 2.45) is 11.8 Å². The van der Waals surface area contributed by atoms with Gasteiger partial charge in [0.15, 0.2) is 0 Å². The number of carbonyl (C=O) groups is 3. The van der Waals surface area contributed by atoms with Crippen LogP contribution in [0, 0.1) is 24.2 Å². The Kier molecular flexibility index (Phi) is 13.1. The van der Waals surface area contributed by atoms with E-state index in [1.54, 1.807) is 81.3 Å². The summed E-state index contributed by atoms with van der Waals surface area (Å²) in [6.45, 7) is 15.4. The molecule has 0 aromatic heterocycles. The van der Waals surface area contributed by atoms with Gasteiger partial charge in [0, 0.05) is 17.3 Å². The van der Waals surface area contributed by atoms with E-state index in [0.29, 0.717) is 41.3 Å². The predicted molar refractivity (Wildman–Crippen MR) is 172 cm³/mol. The van der Waals surface area contributed by atoms with Crippen molar-refractivity contribution in [1.29, 1.82) is 0 Å². The van der Waals surface area contributed by atoms with E-state index >= 15 is 0 Å². The monoisotopic (exact) mass is 591 g/mol. The highest BCUT2D eigenvalue weighted by molar-refractivity contribution is 5.99. The summed E-state index contributed by atoms with van der Waals surface area (Å²) in [5.74, 6) is 3.00. The molecule has 0 radical (unpaired) electrons. The molecule has 2 aromatic carbocycles. The van der Waals surface area contributed by atoms with E-state index in [4.69, 9.17) is 15.9 Å². The second-order valence-electron chi connectivity index (χ2n) is 12.7. The number of rotatable bonds is 13. The molecule has 3 amide bonds. The number of hydrogen-bond acceptors (Lipinski definition) is 5. The van der Waals surface area contributed by atoms with Gasteiger partial charge in [0.25, 0.3) is 5.91 Å². The van der Waals surface area contributed by atoms with Crippen LogP contribution < -0.4 is 15.4 Å². The van der Waals surface area contributed by atoms with Crippen molar-refractivity contribution < 1.29 is 23.9 Å². The van der Waals surface area contributed by atoms with E-state index < -0.39 is 29.7 Å². The van der Waals surface area contributed by atoms with Crippen LogP contribution in [0.3, 0.4) is 0 Å². The van der Waals surface area contributed by atoms with E-state index in [0.717, 1.165) is 6.42 Å². The van der Waals surface area contributed by atoms with Crippen LogP contribution in [0.2, 0.25) is 0 Å². The number of nitrogens with one attached hydrogen (secondary N) is 2. The molecule has 3 atom stereocenters. The maximum atomic E-state index is 14.6. The summed E-state index contributed by atoms with van der Waals surface area (Å²) in [5, 5.41) is 5.78. The topological polar surface area (TPSA) is 97.0 Å². The third-order valence-corrected chi connectivity index (χ3v) is 6.88. The number of ether oxygens (including phenoxy) is 2. The van der Waals surface area contributed by atoms with Gasteiger partial charge >= 0.3 is 6.09 Å². The summed E-state index contributed by atoms with van der Waals surface area (Å²) in [5.41, 5.74) is 0.835. The molecule has 0 aliphatic carbocycles. The SMILES string of the molecule is C#Cc1ccccc1C(C(=O)Nc1ccc(OC)cc1)N(C(=O)C(CC(C)C)NC(=O)OC(C)(C)C)C(C)CCC(C)C. The number of hydrogen-bond donors (Lipinski definition) is 2. The highest BCUT2D eigenvalue weighted by Crippen LogP contribution is 2.31. The highest BCUT2D eigenvalue weighted by atomic mass is 16.6. The first-order valence-corrected chi connectivity index (χ1v) is 15.0. The molecule has 8 heteroatoms. The Morgan fingerprint density at radius 2 is 1.56 bits per heavy atom. The first-order chi connectivity index (χ1) is 20.2. The van der Waals surface area contributed by atoms with E-state index in [2.05, 4.69) is 30.4 Å². The molecule has 0 heterocycles. The summed E-state index contributed by atoms with van der Waals surface area (Å²) in [6.07, 6.45) is 7.05. The van der Waals surface area contributed by atoms with Crippen LogP contribution in [0.5, 0.6) is 5.75 Å². The Bertz CT molecular complexity index is 1260. The molecule has 0 aliphatic rings. The fourth-order valence-corrected chi connectivity index (χ4v) is 4.80. The maximum Gasteiger partial charge on any atom is 0.408 e. The summed E-state index contributed by atoms with van der Waals surface area (Å²) >= 11 is 0. The van der Waals surface area contributed by atoms with Crippen LogP contribution in [-0.2, 0) is 14.3 Å². The maximum absolute atomic E-state index is 14.6. The Morgan fingerprint density at radius 1 is 0.930 bits per heavy atom. The zero-order valence-corrected chi connectivity index (χ0v) is 27.2. The molecule has 0 aliphatic heterocycles. The second kappa shape index (κ2) is 16.0. The van der Waals surface area contributed by atoms with Crippen molar-refractivity contribution in [3.05, 3.63) is 59.7 Å². The number of amides is 3. The molecular formula is C35H49N3O5. The molecule has 2 rings (SSSR count). The van der Waals surface area contributed by atoms with Crippen LogP contribution in [0.25, 0.3) is 0 Å². The van der Waals surface area contributed by atoms with Crippen molar-refractivity contribution in [2.45, 2.75) is 98.4 Å². The van der Waals surface area contributed by atoms with Crippen molar-refractivity contribution in [3.8, 4) is 18.1 Å². The van der Waals surface area contributed by atoms with Crippen molar-refractivity contribution in [2.75, 3.05) is 12.4 Å². The van der Waals surface area contributed by atoms with E-state index in [9.17, 15) is 14.4 Å². The molecule has 0 bridgehead atoms. The van der Waals surface area contributed by atoms with E-state index in [1.807, 2.05) is 20.8 Å². The van der Waals surface area contributed by atoms with Crippen molar-refractivity contribution in [1.82, 2.24) is 10.2 Å². The minimum Gasteiger partial charge on any atom is -0.497 e. The molecule has 43 heavy (non-hydrogen) atoms. The third-order valence-electron chi connectivity index (χ3n) is 6.88. The van der Waals surface area contributed by atoms with E-state index in [1.165, 1.54) is 0 Å². The number of benzene rings is 2. The molecule has 234 valence electrons. The van der Waals surface area contributed by atoms with E-state index in [-0.39, 0.29) is 17.9 Å². The van der Waals surface area contributed by atoms with Crippen LogP contribution in [0.4, 0.5) is 10.5 Å². The largest absolute Gasteiger partial charge is 0.497 e. The average molecular weight is 592 g/mol. The number of terminal acetylenes is 1. The van der Waals surface area contributed by atoms with Gasteiger partial charge in [-0.25, -0.2) is 4.79 Å². The number of anilines is 1. The zero-order chi connectivity index (χ0) is 32.3. The Balaban J connectivity index is 2.68. The van der Waals surface area contributed by atoms with Gasteiger partial charge in [-0.3, -0.25) is 9.59 Å². The number of methoxy groups -OCH3 is 1. The molecule has 8 nitrogen and oxygen atoms in total. The average Bonchev–Trinajstić information content (AvgIpc) is 2.93. The Morgan fingerprint density at radius 3 is 2.09 bits per heavy atom. The fraction of sp³-hybridized carbons (Fsp3) is 0.514. The molecule has 3 unspecified atom stereocenters. The van der Waals surface area contributed by atoms with Gasteiger partial charge in [-0.1, -0.05) is 51.8 Å². The lowest BCUT2D eigenvalue weighted by atomic mass is 9.93. The summed E-state index contributed by atoms with van der Waals surface area (Å²) in [4.78, 5) is 43.4. The number of nitrogens with zero attached hydrogens (tertiary/aromatic N) is 1. The second-order valence-corrected chi connectivity index (χ2v) is 12.7. The lowest BCUT2D eigenvalue weighted by Gasteiger charge is -2.39. The smallest absolute Gasteiger partial charge is 0.408 e. The van der Waals surface area contributed by atoms with Gasteiger partial charge in [-0.2, -0.15) is 0 Å². The highest BCUT2D eigenvalue weighted by Gasteiger charge is 2.40. The van der Waals surface area contributed by atoms with Gasteiger partial charge < -0.3 is 25.0 Å². The first kappa shape index (κ1) is 35.2.